The third-order valence-corrected chi connectivity index (χ3v) is 3.21. The Hall–Kier alpha value is -1.93. The number of nitrogens with one attached hydrogen (secondary N) is 2. The van der Waals surface area contributed by atoms with Gasteiger partial charge in [-0.15, -0.1) is 0 Å². The van der Waals surface area contributed by atoms with Crippen LogP contribution in [0.2, 0.25) is 0 Å². The SMILES string of the molecule is Cc1ccc(F)c(C(=O)NCC(=O)N[C@@H](CC(C)C)B(O)O)c1. The summed E-state index contributed by atoms with van der Waals surface area (Å²) < 4.78 is 13.6. The van der Waals surface area contributed by atoms with Crippen molar-refractivity contribution >= 4 is 18.9 Å². The van der Waals surface area contributed by atoms with Gasteiger partial charge in [0.05, 0.1) is 18.0 Å². The van der Waals surface area contributed by atoms with Crippen LogP contribution in [-0.4, -0.2) is 41.5 Å². The molecule has 0 saturated heterocycles. The van der Waals surface area contributed by atoms with Crippen molar-refractivity contribution in [3.8, 4) is 0 Å². The second kappa shape index (κ2) is 8.64. The molecule has 6 nitrogen and oxygen atoms in total. The van der Waals surface area contributed by atoms with E-state index in [1.54, 1.807) is 6.92 Å². The van der Waals surface area contributed by atoms with Gasteiger partial charge < -0.3 is 20.7 Å². The minimum Gasteiger partial charge on any atom is -0.426 e. The van der Waals surface area contributed by atoms with Crippen molar-refractivity contribution in [3.05, 3.63) is 35.1 Å². The Bertz CT molecular complexity index is 566. The lowest BCUT2D eigenvalue weighted by atomic mass is 9.75. The second-order valence-corrected chi connectivity index (χ2v) is 5.88. The van der Waals surface area contributed by atoms with Gasteiger partial charge in [0.1, 0.15) is 5.82 Å². The van der Waals surface area contributed by atoms with Crippen LogP contribution in [0.3, 0.4) is 0 Å². The zero-order valence-electron chi connectivity index (χ0n) is 13.5. The molecule has 0 saturated carbocycles. The Morgan fingerprint density at radius 3 is 2.52 bits per heavy atom. The average Bonchev–Trinajstić information content (AvgIpc) is 2.46. The second-order valence-electron chi connectivity index (χ2n) is 5.88. The Labute approximate surface area is 135 Å². The molecule has 0 aromatic heterocycles. The number of rotatable bonds is 7. The predicted molar refractivity (Wildman–Crippen MR) is 85.0 cm³/mol. The van der Waals surface area contributed by atoms with Gasteiger partial charge in [0.25, 0.3) is 5.91 Å². The summed E-state index contributed by atoms with van der Waals surface area (Å²) in [7, 11) is -1.69. The molecule has 0 aliphatic heterocycles. The summed E-state index contributed by atoms with van der Waals surface area (Å²) in [5, 5.41) is 23.2. The van der Waals surface area contributed by atoms with Gasteiger partial charge in [-0.3, -0.25) is 9.59 Å². The van der Waals surface area contributed by atoms with Crippen molar-refractivity contribution in [2.24, 2.45) is 5.92 Å². The molecule has 0 aliphatic rings. The van der Waals surface area contributed by atoms with Gasteiger partial charge in [0, 0.05) is 0 Å². The molecule has 1 aromatic rings. The molecule has 1 rings (SSSR count). The van der Waals surface area contributed by atoms with Crippen LogP contribution in [-0.2, 0) is 4.79 Å². The van der Waals surface area contributed by atoms with E-state index in [1.807, 2.05) is 13.8 Å². The van der Waals surface area contributed by atoms with Gasteiger partial charge in [-0.05, 0) is 31.4 Å². The molecule has 1 atom stereocenters. The Morgan fingerprint density at radius 2 is 1.96 bits per heavy atom. The van der Waals surface area contributed by atoms with Crippen molar-refractivity contribution in [1.29, 1.82) is 0 Å². The maximum atomic E-state index is 13.6. The topological polar surface area (TPSA) is 98.7 Å². The zero-order chi connectivity index (χ0) is 17.6. The number of halogens is 1. The maximum absolute atomic E-state index is 13.6. The van der Waals surface area contributed by atoms with Gasteiger partial charge in [-0.1, -0.05) is 25.5 Å². The standard InChI is InChI=1S/C15H22BFN2O4/c1-9(2)6-13(16(22)23)19-14(20)8-18-15(21)11-7-10(3)4-5-12(11)17/h4-5,7,9,13,22-23H,6,8H2,1-3H3,(H,18,21)(H,19,20)/t13-/m0/s1. The number of carbonyl (C=O) groups excluding carboxylic acids is 2. The van der Waals surface area contributed by atoms with Crippen LogP contribution in [0.4, 0.5) is 4.39 Å². The quantitative estimate of drug-likeness (QED) is 0.546. The van der Waals surface area contributed by atoms with Crippen LogP contribution < -0.4 is 10.6 Å². The van der Waals surface area contributed by atoms with Gasteiger partial charge in [0.2, 0.25) is 5.91 Å². The van der Waals surface area contributed by atoms with Crippen LogP contribution >= 0.6 is 0 Å². The summed E-state index contributed by atoms with van der Waals surface area (Å²) in [5.74, 6) is -2.62. The maximum Gasteiger partial charge on any atom is 0.475 e. The highest BCUT2D eigenvalue weighted by Gasteiger charge is 2.26. The van der Waals surface area contributed by atoms with Crippen molar-refractivity contribution in [2.45, 2.75) is 33.1 Å². The Balaban J connectivity index is 2.58. The fourth-order valence-electron chi connectivity index (χ4n) is 2.09. The van der Waals surface area contributed by atoms with Gasteiger partial charge >= 0.3 is 7.12 Å². The molecule has 2 amide bonds. The molecular weight excluding hydrogens is 302 g/mol. The average molecular weight is 324 g/mol. The molecule has 126 valence electrons. The van der Waals surface area contributed by atoms with E-state index >= 15 is 0 Å². The Kier molecular flexibility index (Phi) is 7.18. The molecule has 8 heteroatoms. The van der Waals surface area contributed by atoms with Crippen LogP contribution in [0, 0.1) is 18.7 Å². The highest BCUT2D eigenvalue weighted by Crippen LogP contribution is 2.09. The largest absolute Gasteiger partial charge is 0.475 e. The van der Waals surface area contributed by atoms with Crippen molar-refractivity contribution in [2.75, 3.05) is 6.54 Å². The molecule has 0 fully saturated rings. The first-order chi connectivity index (χ1) is 10.7. The van der Waals surface area contributed by atoms with Crippen molar-refractivity contribution in [1.82, 2.24) is 10.6 Å². The van der Waals surface area contributed by atoms with E-state index in [1.165, 1.54) is 18.2 Å². The van der Waals surface area contributed by atoms with Crippen molar-refractivity contribution < 1.29 is 24.0 Å². The molecule has 0 unspecified atom stereocenters. The van der Waals surface area contributed by atoms with E-state index in [9.17, 15) is 24.0 Å². The molecule has 0 heterocycles. The van der Waals surface area contributed by atoms with Gasteiger partial charge in [0.15, 0.2) is 0 Å². The fraction of sp³-hybridized carbons (Fsp3) is 0.467. The summed E-state index contributed by atoms with van der Waals surface area (Å²) in [6, 6.07) is 4.12. The molecule has 0 bridgehead atoms. The molecule has 4 N–H and O–H groups in total. The first kappa shape index (κ1) is 19.1. The summed E-state index contributed by atoms with van der Waals surface area (Å²) in [6.45, 7) is 5.10. The third kappa shape index (κ3) is 6.37. The number of aryl methyl sites for hydroxylation is 1. The Morgan fingerprint density at radius 1 is 1.30 bits per heavy atom. The number of hydrogen-bond donors (Lipinski definition) is 4. The van der Waals surface area contributed by atoms with E-state index in [-0.39, 0.29) is 18.0 Å². The molecule has 0 aliphatic carbocycles. The smallest absolute Gasteiger partial charge is 0.426 e. The summed E-state index contributed by atoms with van der Waals surface area (Å²) in [6.07, 6.45) is 0.379. The highest BCUT2D eigenvalue weighted by atomic mass is 19.1. The molecule has 23 heavy (non-hydrogen) atoms. The molecule has 0 spiro atoms. The minimum atomic E-state index is -1.69. The molecule has 1 aromatic carbocycles. The molecular formula is C15H22BFN2O4. The van der Waals surface area contributed by atoms with E-state index in [0.717, 1.165) is 5.56 Å². The lowest BCUT2D eigenvalue weighted by Crippen LogP contribution is -2.50. The van der Waals surface area contributed by atoms with E-state index in [0.29, 0.717) is 6.42 Å². The number of hydrogen-bond acceptors (Lipinski definition) is 4. The molecule has 0 radical (unpaired) electrons. The first-order valence-corrected chi connectivity index (χ1v) is 7.40. The van der Waals surface area contributed by atoms with E-state index < -0.39 is 30.7 Å². The normalized spacial score (nSPS) is 12.0. The fourth-order valence-corrected chi connectivity index (χ4v) is 2.09. The number of amides is 2. The predicted octanol–water partition coefficient (Wildman–Crippen LogP) is 0.407. The van der Waals surface area contributed by atoms with Crippen LogP contribution in [0.25, 0.3) is 0 Å². The van der Waals surface area contributed by atoms with E-state index in [4.69, 9.17) is 0 Å². The van der Waals surface area contributed by atoms with Gasteiger partial charge in [-0.25, -0.2) is 4.39 Å². The monoisotopic (exact) mass is 324 g/mol. The first-order valence-electron chi connectivity index (χ1n) is 7.40. The third-order valence-electron chi connectivity index (χ3n) is 3.21. The van der Waals surface area contributed by atoms with Crippen LogP contribution in [0.5, 0.6) is 0 Å². The minimum absolute atomic E-state index is 0.140. The van der Waals surface area contributed by atoms with E-state index in [2.05, 4.69) is 10.6 Å². The summed E-state index contributed by atoms with van der Waals surface area (Å²) in [5.41, 5.74) is 0.583. The lowest BCUT2D eigenvalue weighted by Gasteiger charge is -2.19. The zero-order valence-corrected chi connectivity index (χ0v) is 13.5. The number of carbonyl (C=O) groups is 2. The van der Waals surface area contributed by atoms with Crippen LogP contribution in [0.1, 0.15) is 36.2 Å². The number of benzene rings is 1. The lowest BCUT2D eigenvalue weighted by molar-refractivity contribution is -0.120. The highest BCUT2D eigenvalue weighted by molar-refractivity contribution is 6.43. The van der Waals surface area contributed by atoms with Gasteiger partial charge in [-0.2, -0.15) is 0 Å². The van der Waals surface area contributed by atoms with Crippen molar-refractivity contribution in [3.63, 3.8) is 0 Å². The summed E-state index contributed by atoms with van der Waals surface area (Å²) >= 11 is 0. The summed E-state index contributed by atoms with van der Waals surface area (Å²) in [4.78, 5) is 23.7. The van der Waals surface area contributed by atoms with Crippen LogP contribution in [0.15, 0.2) is 18.2 Å².